The molecule has 1 heterocycles. The summed E-state index contributed by atoms with van der Waals surface area (Å²) in [6, 6.07) is 4.51. The molecule has 2 amide bonds. The van der Waals surface area contributed by atoms with Gasteiger partial charge in [-0.25, -0.2) is 15.0 Å². The Kier molecular flexibility index (Phi) is 5.17. The molecule has 0 saturated carbocycles. The van der Waals surface area contributed by atoms with Gasteiger partial charge in [0.1, 0.15) is 0 Å². The van der Waals surface area contributed by atoms with E-state index in [1.165, 1.54) is 38.1 Å². The summed E-state index contributed by atoms with van der Waals surface area (Å²) in [5.41, 5.74) is 6.39. The van der Waals surface area contributed by atoms with Crippen LogP contribution in [-0.4, -0.2) is 39.4 Å². The molecule has 1 aliphatic heterocycles. The van der Waals surface area contributed by atoms with Gasteiger partial charge in [0.25, 0.3) is 5.69 Å². The fourth-order valence-electron chi connectivity index (χ4n) is 3.12. The number of nitrogens with two attached hydrogens (primary N) is 1. The van der Waals surface area contributed by atoms with E-state index in [0.717, 1.165) is 5.01 Å². The zero-order chi connectivity index (χ0) is 19.6. The van der Waals surface area contributed by atoms with Gasteiger partial charge >= 0.3 is 12.0 Å². The number of amides is 2. The molecular weight excluding hydrogens is 344 g/mol. The van der Waals surface area contributed by atoms with Crippen LogP contribution >= 0.6 is 0 Å². The van der Waals surface area contributed by atoms with Crippen molar-refractivity contribution in [1.82, 2.24) is 10.4 Å². The third-order valence-corrected chi connectivity index (χ3v) is 4.17. The van der Waals surface area contributed by atoms with Crippen LogP contribution in [0, 0.1) is 10.1 Å². The van der Waals surface area contributed by atoms with Crippen LogP contribution < -0.4 is 11.2 Å². The maximum absolute atomic E-state index is 12.5. The van der Waals surface area contributed by atoms with E-state index < -0.39 is 28.6 Å². The fourth-order valence-corrected chi connectivity index (χ4v) is 3.12. The molecule has 1 aromatic carbocycles. The van der Waals surface area contributed by atoms with Crippen LogP contribution in [0.1, 0.15) is 32.3 Å². The molecule has 1 aliphatic rings. The van der Waals surface area contributed by atoms with E-state index in [9.17, 15) is 24.8 Å². The Morgan fingerprint density at radius 1 is 1.42 bits per heavy atom. The van der Waals surface area contributed by atoms with Crippen LogP contribution in [0.3, 0.4) is 0 Å². The van der Waals surface area contributed by atoms with Gasteiger partial charge in [-0.2, -0.15) is 0 Å². The van der Waals surface area contributed by atoms with Gasteiger partial charge < -0.3 is 15.6 Å². The largest absolute Gasteiger partial charge is 0.463 e. The molecule has 0 spiro atoms. The first-order chi connectivity index (χ1) is 12.1. The molecule has 10 nitrogen and oxygen atoms in total. The lowest BCUT2D eigenvalue weighted by atomic mass is 9.85. The van der Waals surface area contributed by atoms with E-state index in [1.807, 2.05) is 0 Å². The number of ether oxygens (including phenoxy) is 1. The molecular formula is C16H20N4O6. The van der Waals surface area contributed by atoms with E-state index in [0.29, 0.717) is 5.56 Å². The topological polar surface area (TPSA) is 148 Å². The second-order valence-corrected chi connectivity index (χ2v) is 5.91. The predicted octanol–water partition coefficient (Wildman–Crippen LogP) is 1.12. The zero-order valence-corrected chi connectivity index (χ0v) is 14.6. The first-order valence-electron chi connectivity index (χ1n) is 7.82. The highest BCUT2D eigenvalue weighted by Gasteiger charge is 2.51. The second-order valence-electron chi connectivity index (χ2n) is 5.91. The lowest BCUT2D eigenvalue weighted by Crippen LogP contribution is -2.55. The monoisotopic (exact) mass is 364 g/mol. The summed E-state index contributed by atoms with van der Waals surface area (Å²) < 4.78 is 5.07. The number of carbonyl (C=O) groups is 2. The van der Waals surface area contributed by atoms with Gasteiger partial charge in [0.05, 0.1) is 23.0 Å². The predicted molar refractivity (Wildman–Crippen MR) is 90.4 cm³/mol. The number of non-ortho nitro benzene ring substituents is 1. The normalized spacial score (nSPS) is 22.3. The van der Waals surface area contributed by atoms with Gasteiger partial charge in [0, 0.05) is 17.8 Å². The van der Waals surface area contributed by atoms with Crippen molar-refractivity contribution < 1.29 is 24.4 Å². The average molecular weight is 364 g/mol. The summed E-state index contributed by atoms with van der Waals surface area (Å²) in [5, 5.41) is 23.0. The molecule has 0 fully saturated rings. The molecule has 2 atom stereocenters. The molecule has 1 aromatic rings. The number of aliphatic hydroxyl groups is 1. The molecule has 2 unspecified atom stereocenters. The molecule has 10 heteroatoms. The number of hydrogen-bond acceptors (Lipinski definition) is 7. The Morgan fingerprint density at radius 3 is 2.46 bits per heavy atom. The Labute approximate surface area is 149 Å². The first-order valence-corrected chi connectivity index (χ1v) is 7.82. The van der Waals surface area contributed by atoms with Crippen molar-refractivity contribution in [2.75, 3.05) is 6.61 Å². The van der Waals surface area contributed by atoms with Crippen molar-refractivity contribution in [3.8, 4) is 0 Å². The van der Waals surface area contributed by atoms with Crippen molar-refractivity contribution in [1.29, 1.82) is 0 Å². The maximum Gasteiger partial charge on any atom is 0.336 e. The SMILES string of the molecule is CCOC(=O)C1=C(C)N(NC(N)=O)C(C)(O)C1c1ccc([N+](=O)[O-])cc1. The average Bonchev–Trinajstić information content (AvgIpc) is 2.75. The maximum atomic E-state index is 12.5. The standard InChI is InChI=1S/C16H20N4O6/c1-4-26-14(21)12-9(2)19(18-15(17)22)16(3,23)13(12)10-5-7-11(8-6-10)20(24)25/h5-8,13,23H,4H2,1-3H3,(H3,17,18,22). The Morgan fingerprint density at radius 2 is 2.00 bits per heavy atom. The van der Waals surface area contributed by atoms with Crippen LogP contribution in [0.2, 0.25) is 0 Å². The lowest BCUT2D eigenvalue weighted by molar-refractivity contribution is -0.384. The van der Waals surface area contributed by atoms with Crippen LogP contribution in [0.5, 0.6) is 0 Å². The summed E-state index contributed by atoms with van der Waals surface area (Å²) in [6.45, 7) is 4.68. The quantitative estimate of drug-likeness (QED) is 0.403. The molecule has 2 rings (SSSR count). The van der Waals surface area contributed by atoms with E-state index >= 15 is 0 Å². The van der Waals surface area contributed by atoms with E-state index in [1.54, 1.807) is 6.92 Å². The van der Waals surface area contributed by atoms with Gasteiger partial charge in [-0.15, -0.1) is 0 Å². The lowest BCUT2D eigenvalue weighted by Gasteiger charge is -2.36. The Bertz CT molecular complexity index is 771. The second kappa shape index (κ2) is 7.00. The molecule has 0 bridgehead atoms. The smallest absolute Gasteiger partial charge is 0.336 e. The Hall–Kier alpha value is -3.14. The molecule has 140 valence electrons. The van der Waals surface area contributed by atoms with E-state index in [2.05, 4.69) is 5.43 Å². The van der Waals surface area contributed by atoms with Crippen LogP contribution in [0.25, 0.3) is 0 Å². The number of allylic oxidation sites excluding steroid dienone is 1. The summed E-state index contributed by atoms with van der Waals surface area (Å²) in [6.07, 6.45) is 0. The third kappa shape index (κ3) is 3.31. The summed E-state index contributed by atoms with van der Waals surface area (Å²) >= 11 is 0. The number of nitro benzene ring substituents is 1. The number of nitrogens with zero attached hydrogens (tertiary/aromatic N) is 2. The van der Waals surface area contributed by atoms with Gasteiger partial charge in [-0.05, 0) is 26.3 Å². The van der Waals surface area contributed by atoms with Crippen molar-refractivity contribution in [2.45, 2.75) is 32.4 Å². The van der Waals surface area contributed by atoms with Gasteiger partial charge in [0.2, 0.25) is 0 Å². The summed E-state index contributed by atoms with van der Waals surface area (Å²) in [4.78, 5) is 34.1. The summed E-state index contributed by atoms with van der Waals surface area (Å²) in [7, 11) is 0. The number of urea groups is 1. The molecule has 0 radical (unpaired) electrons. The molecule has 0 aromatic heterocycles. The number of hydrogen-bond donors (Lipinski definition) is 3. The van der Waals surface area contributed by atoms with Gasteiger partial charge in [-0.3, -0.25) is 15.1 Å². The number of nitrogens with one attached hydrogen (secondary N) is 1. The minimum absolute atomic E-state index is 0.119. The number of nitro groups is 1. The number of carbonyl (C=O) groups excluding carboxylic acids is 2. The molecule has 4 N–H and O–H groups in total. The highest BCUT2D eigenvalue weighted by atomic mass is 16.6. The fraction of sp³-hybridized carbons (Fsp3) is 0.375. The van der Waals surface area contributed by atoms with Crippen LogP contribution in [0.4, 0.5) is 10.5 Å². The summed E-state index contributed by atoms with van der Waals surface area (Å²) in [5.74, 6) is -1.59. The van der Waals surface area contributed by atoms with Crippen LogP contribution in [0.15, 0.2) is 35.5 Å². The number of rotatable bonds is 5. The van der Waals surface area contributed by atoms with Crippen molar-refractivity contribution in [2.24, 2.45) is 5.73 Å². The van der Waals surface area contributed by atoms with Crippen molar-refractivity contribution >= 4 is 17.7 Å². The first kappa shape index (κ1) is 19.2. The van der Waals surface area contributed by atoms with Crippen LogP contribution in [-0.2, 0) is 9.53 Å². The zero-order valence-electron chi connectivity index (χ0n) is 14.6. The van der Waals surface area contributed by atoms with E-state index in [-0.39, 0.29) is 23.6 Å². The van der Waals surface area contributed by atoms with Gasteiger partial charge in [-0.1, -0.05) is 12.1 Å². The third-order valence-electron chi connectivity index (χ3n) is 4.17. The van der Waals surface area contributed by atoms with Gasteiger partial charge in [0.15, 0.2) is 5.72 Å². The number of esters is 1. The van der Waals surface area contributed by atoms with E-state index in [4.69, 9.17) is 10.5 Å². The highest BCUT2D eigenvalue weighted by Crippen LogP contribution is 2.46. The highest BCUT2D eigenvalue weighted by molar-refractivity contribution is 5.92. The molecule has 26 heavy (non-hydrogen) atoms. The minimum Gasteiger partial charge on any atom is -0.463 e. The molecule has 0 aliphatic carbocycles. The number of primary amides is 1. The number of hydrazine groups is 1. The minimum atomic E-state index is -1.75. The number of benzene rings is 1. The Balaban J connectivity index is 2.57. The van der Waals surface area contributed by atoms with Crippen molar-refractivity contribution in [3.05, 3.63) is 51.2 Å². The molecule has 0 saturated heterocycles. The van der Waals surface area contributed by atoms with Crippen molar-refractivity contribution in [3.63, 3.8) is 0 Å².